The summed E-state index contributed by atoms with van der Waals surface area (Å²) < 4.78 is 12.7. The van der Waals surface area contributed by atoms with Crippen LogP contribution in [-0.2, 0) is 4.79 Å². The number of thioether (sulfide) groups is 1. The molecule has 98 valence electrons. The fourth-order valence-corrected chi connectivity index (χ4v) is 2.59. The maximum atomic E-state index is 12.7. The largest absolute Gasteiger partial charge is 0.368 e. The Kier molecular flexibility index (Phi) is 4.60. The van der Waals surface area contributed by atoms with E-state index in [2.05, 4.69) is 5.32 Å². The first-order chi connectivity index (χ1) is 8.65. The molecule has 1 unspecified atom stereocenters. The number of carbonyl (C=O) groups is 1. The van der Waals surface area contributed by atoms with Crippen LogP contribution in [0.15, 0.2) is 29.2 Å². The zero-order valence-electron chi connectivity index (χ0n) is 10.1. The molecule has 0 aromatic heterocycles. The van der Waals surface area contributed by atoms with Gasteiger partial charge in [-0.05, 0) is 49.3 Å². The van der Waals surface area contributed by atoms with Gasteiger partial charge in [-0.25, -0.2) is 4.39 Å². The summed E-state index contributed by atoms with van der Waals surface area (Å²) in [5.74, 6) is 0.269. The molecule has 0 radical (unpaired) electrons. The Morgan fingerprint density at radius 2 is 2.11 bits per heavy atom. The Morgan fingerprint density at radius 3 is 2.67 bits per heavy atom. The van der Waals surface area contributed by atoms with E-state index in [1.807, 2.05) is 0 Å². The van der Waals surface area contributed by atoms with Crippen molar-refractivity contribution in [3.63, 3.8) is 0 Å². The molecule has 0 spiro atoms. The van der Waals surface area contributed by atoms with Gasteiger partial charge in [0.15, 0.2) is 0 Å². The highest BCUT2D eigenvalue weighted by molar-refractivity contribution is 7.99. The molecule has 0 heterocycles. The predicted molar refractivity (Wildman–Crippen MR) is 70.9 cm³/mol. The van der Waals surface area contributed by atoms with E-state index in [-0.39, 0.29) is 17.8 Å². The second kappa shape index (κ2) is 6.20. The number of hydrogen-bond donors (Lipinski definition) is 2. The first kappa shape index (κ1) is 13.4. The first-order valence-corrected chi connectivity index (χ1v) is 7.07. The minimum absolute atomic E-state index is 0.232. The van der Waals surface area contributed by atoms with Gasteiger partial charge < -0.3 is 11.1 Å². The molecule has 1 aromatic carbocycles. The molecular formula is C13H17FN2OS. The van der Waals surface area contributed by atoms with Gasteiger partial charge in [0.05, 0.1) is 6.04 Å². The van der Waals surface area contributed by atoms with E-state index in [0.717, 1.165) is 23.5 Å². The molecule has 1 saturated carbocycles. The summed E-state index contributed by atoms with van der Waals surface area (Å²) in [4.78, 5) is 12.3. The van der Waals surface area contributed by atoms with Gasteiger partial charge >= 0.3 is 0 Å². The van der Waals surface area contributed by atoms with E-state index in [0.29, 0.717) is 12.5 Å². The number of halogens is 1. The zero-order chi connectivity index (χ0) is 13.0. The van der Waals surface area contributed by atoms with Crippen LogP contribution >= 0.6 is 11.8 Å². The van der Waals surface area contributed by atoms with Gasteiger partial charge in [-0.15, -0.1) is 11.8 Å². The third-order valence-electron chi connectivity index (χ3n) is 2.85. The molecule has 3 N–H and O–H groups in total. The summed E-state index contributed by atoms with van der Waals surface area (Å²) in [6.07, 6.45) is 2.97. The van der Waals surface area contributed by atoms with Crippen molar-refractivity contribution in [1.29, 1.82) is 0 Å². The van der Waals surface area contributed by atoms with Gasteiger partial charge in [-0.3, -0.25) is 4.79 Å². The molecule has 5 heteroatoms. The number of benzene rings is 1. The van der Waals surface area contributed by atoms with E-state index in [9.17, 15) is 9.18 Å². The summed E-state index contributed by atoms with van der Waals surface area (Å²) in [6, 6.07) is 6.59. The second-order valence-corrected chi connectivity index (χ2v) is 5.66. The van der Waals surface area contributed by atoms with Gasteiger partial charge in [0.1, 0.15) is 5.82 Å². The molecular weight excluding hydrogens is 251 g/mol. The predicted octanol–water partition coefficient (Wildman–Crippen LogP) is 1.91. The van der Waals surface area contributed by atoms with Crippen LogP contribution in [0.5, 0.6) is 0 Å². The lowest BCUT2D eigenvalue weighted by molar-refractivity contribution is -0.120. The van der Waals surface area contributed by atoms with Gasteiger partial charge in [-0.2, -0.15) is 0 Å². The van der Waals surface area contributed by atoms with Crippen molar-refractivity contribution in [3.8, 4) is 0 Å². The lowest BCUT2D eigenvalue weighted by Gasteiger charge is -2.14. The highest BCUT2D eigenvalue weighted by atomic mass is 32.2. The normalized spacial score (nSPS) is 16.5. The van der Waals surface area contributed by atoms with E-state index >= 15 is 0 Å². The Morgan fingerprint density at radius 1 is 1.44 bits per heavy atom. The highest BCUT2D eigenvalue weighted by Crippen LogP contribution is 2.22. The van der Waals surface area contributed by atoms with Crippen LogP contribution < -0.4 is 11.1 Å². The van der Waals surface area contributed by atoms with Crippen molar-refractivity contribution in [1.82, 2.24) is 5.32 Å². The summed E-state index contributed by atoms with van der Waals surface area (Å²) in [5.41, 5.74) is 5.35. The number of carbonyl (C=O) groups excluding carboxylic acids is 1. The SMILES string of the molecule is NC(=O)C(CCSc1ccc(F)cc1)NC1CC1. The van der Waals surface area contributed by atoms with Gasteiger partial charge in [0, 0.05) is 10.9 Å². The number of nitrogens with one attached hydrogen (secondary N) is 1. The maximum absolute atomic E-state index is 12.7. The van der Waals surface area contributed by atoms with Gasteiger partial charge in [0.2, 0.25) is 5.91 Å². The van der Waals surface area contributed by atoms with E-state index < -0.39 is 0 Å². The van der Waals surface area contributed by atoms with Crippen molar-refractivity contribution < 1.29 is 9.18 Å². The van der Waals surface area contributed by atoms with Crippen LogP contribution in [0, 0.1) is 5.82 Å². The average molecular weight is 268 g/mol. The molecule has 0 saturated heterocycles. The second-order valence-electron chi connectivity index (χ2n) is 4.49. The smallest absolute Gasteiger partial charge is 0.234 e. The number of amides is 1. The van der Waals surface area contributed by atoms with E-state index in [4.69, 9.17) is 5.73 Å². The van der Waals surface area contributed by atoms with Crippen molar-refractivity contribution in [2.24, 2.45) is 5.73 Å². The molecule has 1 amide bonds. The Balaban J connectivity index is 1.75. The minimum Gasteiger partial charge on any atom is -0.368 e. The van der Waals surface area contributed by atoms with Crippen molar-refractivity contribution >= 4 is 17.7 Å². The lowest BCUT2D eigenvalue weighted by atomic mass is 10.2. The molecule has 3 nitrogen and oxygen atoms in total. The van der Waals surface area contributed by atoms with Crippen LogP contribution in [-0.4, -0.2) is 23.7 Å². The third kappa shape index (κ3) is 4.31. The van der Waals surface area contributed by atoms with Crippen LogP contribution in [0.3, 0.4) is 0 Å². The van der Waals surface area contributed by atoms with Crippen LogP contribution in [0.2, 0.25) is 0 Å². The average Bonchev–Trinajstić information content (AvgIpc) is 3.14. The molecule has 1 aliphatic rings. The molecule has 18 heavy (non-hydrogen) atoms. The Labute approximate surface area is 110 Å². The summed E-state index contributed by atoms with van der Waals surface area (Å²) in [7, 11) is 0. The van der Waals surface area contributed by atoms with Crippen molar-refractivity contribution in [2.45, 2.75) is 36.2 Å². The monoisotopic (exact) mass is 268 g/mol. The van der Waals surface area contributed by atoms with E-state index in [1.54, 1.807) is 23.9 Å². The van der Waals surface area contributed by atoms with Crippen LogP contribution in [0.1, 0.15) is 19.3 Å². The molecule has 1 atom stereocenters. The zero-order valence-corrected chi connectivity index (χ0v) is 10.9. The maximum Gasteiger partial charge on any atom is 0.234 e. The molecule has 0 aliphatic heterocycles. The molecule has 1 aliphatic carbocycles. The number of nitrogens with two attached hydrogens (primary N) is 1. The van der Waals surface area contributed by atoms with Crippen LogP contribution in [0.25, 0.3) is 0 Å². The first-order valence-electron chi connectivity index (χ1n) is 6.09. The fraction of sp³-hybridized carbons (Fsp3) is 0.462. The number of hydrogen-bond acceptors (Lipinski definition) is 3. The highest BCUT2D eigenvalue weighted by Gasteiger charge is 2.26. The molecule has 1 fully saturated rings. The quantitative estimate of drug-likeness (QED) is 0.743. The lowest BCUT2D eigenvalue weighted by Crippen LogP contribution is -2.42. The van der Waals surface area contributed by atoms with Crippen molar-refractivity contribution in [2.75, 3.05) is 5.75 Å². The summed E-state index contributed by atoms with van der Waals surface area (Å²) in [6.45, 7) is 0. The fourth-order valence-electron chi connectivity index (χ4n) is 1.67. The summed E-state index contributed by atoms with van der Waals surface area (Å²) in [5, 5.41) is 3.24. The number of primary amides is 1. The number of rotatable bonds is 7. The van der Waals surface area contributed by atoms with E-state index in [1.165, 1.54) is 12.1 Å². The summed E-state index contributed by atoms with van der Waals surface area (Å²) >= 11 is 1.61. The van der Waals surface area contributed by atoms with Gasteiger partial charge in [-0.1, -0.05) is 0 Å². The molecule has 2 rings (SSSR count). The Bertz CT molecular complexity index is 406. The Hall–Kier alpha value is -1.07. The topological polar surface area (TPSA) is 55.1 Å². The standard InChI is InChI=1S/C13H17FN2OS/c14-9-1-5-11(6-2-9)18-8-7-12(13(15)17)16-10-3-4-10/h1-2,5-6,10,12,16H,3-4,7-8H2,(H2,15,17). The van der Waals surface area contributed by atoms with Gasteiger partial charge in [0.25, 0.3) is 0 Å². The minimum atomic E-state index is -0.290. The van der Waals surface area contributed by atoms with Crippen molar-refractivity contribution in [3.05, 3.63) is 30.1 Å². The van der Waals surface area contributed by atoms with Crippen LogP contribution in [0.4, 0.5) is 4.39 Å². The molecule has 0 bridgehead atoms. The third-order valence-corrected chi connectivity index (χ3v) is 3.89. The molecule has 1 aromatic rings.